The Bertz CT molecular complexity index is 692. The number of carbonyl (C=O) groups is 1. The van der Waals surface area contributed by atoms with Gasteiger partial charge in [-0.25, -0.2) is 0 Å². The SMILES string of the molecule is COCCCNCN1C(=O)/C(=C/c2ccc[nH]2)c2ccccc21. The van der Waals surface area contributed by atoms with Crippen LogP contribution in [-0.4, -0.2) is 37.8 Å². The number of carbonyl (C=O) groups excluding carboxylic acids is 1. The number of benzene rings is 1. The second kappa shape index (κ2) is 7.26. The molecule has 0 radical (unpaired) electrons. The van der Waals surface area contributed by atoms with Crippen LogP contribution in [0, 0.1) is 0 Å². The van der Waals surface area contributed by atoms with Gasteiger partial charge in [0.2, 0.25) is 0 Å². The maximum Gasteiger partial charge on any atom is 0.260 e. The third-order valence-electron chi connectivity index (χ3n) is 3.85. The quantitative estimate of drug-likeness (QED) is 0.610. The molecule has 0 unspecified atom stereocenters. The number of ether oxygens (including phenoxy) is 1. The number of anilines is 1. The van der Waals surface area contributed by atoms with Gasteiger partial charge >= 0.3 is 0 Å². The van der Waals surface area contributed by atoms with Crippen LogP contribution >= 0.6 is 0 Å². The number of aromatic amines is 1. The average Bonchev–Trinajstić information content (AvgIpc) is 3.17. The van der Waals surface area contributed by atoms with Gasteiger partial charge in [-0.2, -0.15) is 0 Å². The van der Waals surface area contributed by atoms with E-state index in [-0.39, 0.29) is 5.91 Å². The number of methoxy groups -OCH3 is 1. The Morgan fingerprint density at radius 3 is 2.91 bits per heavy atom. The minimum atomic E-state index is 0.0278. The number of amides is 1. The van der Waals surface area contributed by atoms with E-state index in [9.17, 15) is 4.79 Å². The van der Waals surface area contributed by atoms with Gasteiger partial charge in [-0.3, -0.25) is 15.0 Å². The lowest BCUT2D eigenvalue weighted by Gasteiger charge is -2.17. The summed E-state index contributed by atoms with van der Waals surface area (Å²) in [7, 11) is 1.69. The number of para-hydroxylation sites is 1. The third kappa shape index (κ3) is 3.36. The van der Waals surface area contributed by atoms with Crippen molar-refractivity contribution in [1.29, 1.82) is 0 Å². The predicted octanol–water partition coefficient (Wildman–Crippen LogP) is 2.49. The lowest BCUT2D eigenvalue weighted by atomic mass is 10.1. The molecule has 0 fully saturated rings. The topological polar surface area (TPSA) is 57.4 Å². The molecule has 0 atom stereocenters. The molecule has 5 nitrogen and oxygen atoms in total. The van der Waals surface area contributed by atoms with Crippen molar-refractivity contribution in [1.82, 2.24) is 10.3 Å². The predicted molar refractivity (Wildman–Crippen MR) is 92.0 cm³/mol. The van der Waals surface area contributed by atoms with Gasteiger partial charge in [0, 0.05) is 31.2 Å². The van der Waals surface area contributed by atoms with Crippen molar-refractivity contribution in [2.24, 2.45) is 0 Å². The summed E-state index contributed by atoms with van der Waals surface area (Å²) in [6, 6.07) is 11.8. The number of hydrogen-bond acceptors (Lipinski definition) is 3. The molecule has 120 valence electrons. The molecule has 1 aliphatic heterocycles. The van der Waals surface area contributed by atoms with E-state index in [1.165, 1.54) is 0 Å². The first-order chi connectivity index (χ1) is 11.3. The molecule has 2 aromatic rings. The number of hydrogen-bond donors (Lipinski definition) is 2. The first-order valence-electron chi connectivity index (χ1n) is 7.77. The third-order valence-corrected chi connectivity index (χ3v) is 3.85. The van der Waals surface area contributed by atoms with Crippen LogP contribution in [0.25, 0.3) is 11.6 Å². The molecule has 2 heterocycles. The van der Waals surface area contributed by atoms with E-state index in [0.717, 1.165) is 42.1 Å². The summed E-state index contributed by atoms with van der Waals surface area (Å²) < 4.78 is 5.03. The van der Waals surface area contributed by atoms with Crippen LogP contribution in [0.1, 0.15) is 17.7 Å². The minimum absolute atomic E-state index is 0.0278. The molecule has 1 aliphatic rings. The molecule has 1 aromatic carbocycles. The highest BCUT2D eigenvalue weighted by atomic mass is 16.5. The zero-order valence-electron chi connectivity index (χ0n) is 13.2. The summed E-state index contributed by atoms with van der Waals surface area (Å²) in [6.07, 6.45) is 4.68. The normalized spacial score (nSPS) is 15.4. The van der Waals surface area contributed by atoms with Gasteiger partial charge in [0.25, 0.3) is 5.91 Å². The summed E-state index contributed by atoms with van der Waals surface area (Å²) in [5.41, 5.74) is 3.58. The molecular formula is C18H21N3O2. The number of nitrogens with zero attached hydrogens (tertiary/aromatic N) is 1. The van der Waals surface area contributed by atoms with Crippen molar-refractivity contribution in [2.75, 3.05) is 31.8 Å². The molecule has 2 N–H and O–H groups in total. The van der Waals surface area contributed by atoms with Gasteiger partial charge in [-0.05, 0) is 37.2 Å². The second-order valence-electron chi connectivity index (χ2n) is 5.44. The number of aromatic nitrogens is 1. The van der Waals surface area contributed by atoms with E-state index in [1.807, 2.05) is 48.7 Å². The fourth-order valence-electron chi connectivity index (χ4n) is 2.73. The number of fused-ring (bicyclic) bond motifs is 1. The highest BCUT2D eigenvalue weighted by Crippen LogP contribution is 2.36. The molecule has 23 heavy (non-hydrogen) atoms. The first-order valence-corrected chi connectivity index (χ1v) is 7.77. The van der Waals surface area contributed by atoms with Crippen LogP contribution in [0.4, 0.5) is 5.69 Å². The Morgan fingerprint density at radius 1 is 1.26 bits per heavy atom. The van der Waals surface area contributed by atoms with E-state index in [4.69, 9.17) is 4.74 Å². The maximum absolute atomic E-state index is 12.8. The fourth-order valence-corrected chi connectivity index (χ4v) is 2.73. The summed E-state index contributed by atoms with van der Waals surface area (Å²) in [6.45, 7) is 2.03. The molecule has 0 spiro atoms. The summed E-state index contributed by atoms with van der Waals surface area (Å²) in [5, 5.41) is 3.30. The van der Waals surface area contributed by atoms with Crippen LogP contribution < -0.4 is 10.2 Å². The van der Waals surface area contributed by atoms with Crippen LogP contribution in [0.2, 0.25) is 0 Å². The van der Waals surface area contributed by atoms with Crippen molar-refractivity contribution in [3.63, 3.8) is 0 Å². The lowest BCUT2D eigenvalue weighted by Crippen LogP contribution is -2.36. The van der Waals surface area contributed by atoms with E-state index < -0.39 is 0 Å². The van der Waals surface area contributed by atoms with Crippen molar-refractivity contribution in [2.45, 2.75) is 6.42 Å². The number of rotatable bonds is 7. The Kier molecular flexibility index (Phi) is 4.90. The van der Waals surface area contributed by atoms with Gasteiger partial charge in [-0.1, -0.05) is 18.2 Å². The molecular weight excluding hydrogens is 290 g/mol. The second-order valence-corrected chi connectivity index (χ2v) is 5.44. The van der Waals surface area contributed by atoms with E-state index in [0.29, 0.717) is 6.67 Å². The van der Waals surface area contributed by atoms with Crippen molar-refractivity contribution in [3.05, 3.63) is 53.9 Å². The fraction of sp³-hybridized carbons (Fsp3) is 0.278. The van der Waals surface area contributed by atoms with Crippen LogP contribution in [0.3, 0.4) is 0 Å². The smallest absolute Gasteiger partial charge is 0.260 e. The van der Waals surface area contributed by atoms with Gasteiger partial charge in [-0.15, -0.1) is 0 Å². The zero-order chi connectivity index (χ0) is 16.1. The van der Waals surface area contributed by atoms with Gasteiger partial charge < -0.3 is 9.72 Å². The van der Waals surface area contributed by atoms with E-state index >= 15 is 0 Å². The molecule has 0 aliphatic carbocycles. The number of nitrogens with one attached hydrogen (secondary N) is 2. The molecule has 0 saturated heterocycles. The zero-order valence-corrected chi connectivity index (χ0v) is 13.2. The van der Waals surface area contributed by atoms with E-state index in [1.54, 1.807) is 12.0 Å². The van der Waals surface area contributed by atoms with E-state index in [2.05, 4.69) is 10.3 Å². The Labute approximate surface area is 136 Å². The maximum atomic E-state index is 12.8. The highest BCUT2D eigenvalue weighted by molar-refractivity contribution is 6.35. The van der Waals surface area contributed by atoms with Crippen LogP contribution in [-0.2, 0) is 9.53 Å². The van der Waals surface area contributed by atoms with Crippen molar-refractivity contribution < 1.29 is 9.53 Å². The van der Waals surface area contributed by atoms with Crippen LogP contribution in [0.5, 0.6) is 0 Å². The average molecular weight is 311 g/mol. The Hall–Kier alpha value is -2.37. The van der Waals surface area contributed by atoms with Gasteiger partial charge in [0.05, 0.1) is 17.9 Å². The van der Waals surface area contributed by atoms with Crippen LogP contribution in [0.15, 0.2) is 42.6 Å². The molecule has 0 bridgehead atoms. The minimum Gasteiger partial charge on any atom is -0.385 e. The summed E-state index contributed by atoms with van der Waals surface area (Å²) in [4.78, 5) is 17.7. The van der Waals surface area contributed by atoms with Crippen molar-refractivity contribution in [3.8, 4) is 0 Å². The van der Waals surface area contributed by atoms with Gasteiger partial charge in [0.1, 0.15) is 0 Å². The lowest BCUT2D eigenvalue weighted by molar-refractivity contribution is -0.113. The molecule has 1 aromatic heterocycles. The standard InChI is InChI=1S/C18H21N3O2/c1-23-11-5-9-19-13-21-17-8-3-2-7-15(17)16(18(21)22)12-14-6-4-10-20-14/h2-4,6-8,10,12,19-20H,5,9,11,13H2,1H3/b16-12+. The summed E-state index contributed by atoms with van der Waals surface area (Å²) >= 11 is 0. The molecule has 5 heteroatoms. The number of H-pyrrole nitrogens is 1. The van der Waals surface area contributed by atoms with Gasteiger partial charge in [0.15, 0.2) is 0 Å². The highest BCUT2D eigenvalue weighted by Gasteiger charge is 2.31. The Morgan fingerprint density at radius 2 is 2.13 bits per heavy atom. The molecule has 3 rings (SSSR count). The van der Waals surface area contributed by atoms with Crippen molar-refractivity contribution >= 4 is 23.2 Å². The molecule has 0 saturated carbocycles. The monoisotopic (exact) mass is 311 g/mol. The Balaban J connectivity index is 1.78. The molecule has 1 amide bonds. The largest absolute Gasteiger partial charge is 0.385 e. The first kappa shape index (κ1) is 15.5. The summed E-state index contributed by atoms with van der Waals surface area (Å²) in [5.74, 6) is 0.0278.